The van der Waals surface area contributed by atoms with Crippen LogP contribution in [0.1, 0.15) is 52.7 Å². The third-order valence-electron chi connectivity index (χ3n) is 6.51. The minimum absolute atomic E-state index is 0.119. The summed E-state index contributed by atoms with van der Waals surface area (Å²) in [5.74, 6) is -0.402. The van der Waals surface area contributed by atoms with Gasteiger partial charge in [0.05, 0.1) is 30.3 Å². The van der Waals surface area contributed by atoms with Crippen molar-refractivity contribution in [3.8, 4) is 11.8 Å². The Hall–Kier alpha value is -2.92. The van der Waals surface area contributed by atoms with Gasteiger partial charge in [0.1, 0.15) is 11.8 Å². The van der Waals surface area contributed by atoms with E-state index in [2.05, 4.69) is 16.7 Å². The topological polar surface area (TPSA) is 112 Å². The number of hydrogen-bond acceptors (Lipinski definition) is 6. The monoisotopic (exact) mass is 380 g/mol. The lowest BCUT2D eigenvalue weighted by Crippen LogP contribution is -2.52. The van der Waals surface area contributed by atoms with Gasteiger partial charge in [0.25, 0.3) is 5.91 Å². The third kappa shape index (κ3) is 2.29. The molecule has 144 valence electrons. The molecule has 2 fully saturated rings. The summed E-state index contributed by atoms with van der Waals surface area (Å²) in [5, 5.41) is 15.4. The molecular formula is C20H20N4O4. The van der Waals surface area contributed by atoms with Crippen molar-refractivity contribution >= 4 is 17.7 Å². The van der Waals surface area contributed by atoms with Gasteiger partial charge in [-0.05, 0) is 38.4 Å². The van der Waals surface area contributed by atoms with Crippen LogP contribution in [0.25, 0.3) is 0 Å². The van der Waals surface area contributed by atoms with Crippen LogP contribution in [0.4, 0.5) is 0 Å². The van der Waals surface area contributed by atoms with Gasteiger partial charge in [-0.3, -0.25) is 19.7 Å². The van der Waals surface area contributed by atoms with Crippen molar-refractivity contribution in [1.29, 1.82) is 5.26 Å². The van der Waals surface area contributed by atoms with Crippen molar-refractivity contribution in [2.75, 3.05) is 19.7 Å². The van der Waals surface area contributed by atoms with Crippen LogP contribution in [0.3, 0.4) is 0 Å². The predicted molar refractivity (Wildman–Crippen MR) is 96.5 cm³/mol. The average molecular weight is 380 g/mol. The number of hydrogen-bond donors (Lipinski definition) is 2. The normalized spacial score (nSPS) is 25.2. The standard InChI is InChI=1S/C20H20N4O4/c21-8-11-7-13-17(28-10-20(13)3-5-22-6-4-20)12-9-24(19(27)16(11)12)14-1-2-15(25)23-18(14)26/h7,14,22H,1-6,9-10H2,(H,23,25,26). The summed E-state index contributed by atoms with van der Waals surface area (Å²) < 4.78 is 6.09. The van der Waals surface area contributed by atoms with Crippen molar-refractivity contribution in [3.63, 3.8) is 0 Å². The third-order valence-corrected chi connectivity index (χ3v) is 6.51. The van der Waals surface area contributed by atoms with E-state index < -0.39 is 11.9 Å². The van der Waals surface area contributed by atoms with Crippen LogP contribution in [0, 0.1) is 11.3 Å². The number of carbonyl (C=O) groups is 3. The molecule has 8 heteroatoms. The molecule has 4 heterocycles. The summed E-state index contributed by atoms with van der Waals surface area (Å²) >= 11 is 0. The van der Waals surface area contributed by atoms with Crippen molar-refractivity contribution < 1.29 is 19.1 Å². The number of rotatable bonds is 1. The van der Waals surface area contributed by atoms with Crippen molar-refractivity contribution in [2.45, 2.75) is 43.7 Å². The van der Waals surface area contributed by atoms with E-state index in [1.165, 1.54) is 4.90 Å². The first-order valence-electron chi connectivity index (χ1n) is 9.63. The molecule has 28 heavy (non-hydrogen) atoms. The number of fused-ring (bicyclic) bond motifs is 4. The first kappa shape index (κ1) is 17.2. The molecule has 1 unspecified atom stereocenters. The van der Waals surface area contributed by atoms with Gasteiger partial charge in [-0.2, -0.15) is 5.26 Å². The summed E-state index contributed by atoms with van der Waals surface area (Å²) in [6.07, 6.45) is 2.35. The number of carbonyl (C=O) groups excluding carboxylic acids is 3. The van der Waals surface area contributed by atoms with E-state index in [4.69, 9.17) is 4.74 Å². The molecule has 4 aliphatic rings. The van der Waals surface area contributed by atoms with Crippen LogP contribution in [-0.2, 0) is 21.5 Å². The van der Waals surface area contributed by atoms with Gasteiger partial charge in [-0.1, -0.05) is 0 Å². The van der Waals surface area contributed by atoms with Crippen LogP contribution in [-0.4, -0.2) is 48.4 Å². The molecule has 0 saturated carbocycles. The van der Waals surface area contributed by atoms with Gasteiger partial charge in [0.15, 0.2) is 0 Å². The zero-order chi connectivity index (χ0) is 19.5. The molecule has 1 atom stereocenters. The Balaban J connectivity index is 1.57. The van der Waals surface area contributed by atoms with E-state index in [1.807, 2.05) is 6.07 Å². The first-order chi connectivity index (χ1) is 13.5. The fourth-order valence-corrected chi connectivity index (χ4v) is 4.99. The number of nitriles is 1. The summed E-state index contributed by atoms with van der Waals surface area (Å²) in [6.45, 7) is 2.57. The lowest BCUT2D eigenvalue weighted by atomic mass is 9.74. The van der Waals surface area contributed by atoms with E-state index in [-0.39, 0.29) is 30.2 Å². The highest BCUT2D eigenvalue weighted by atomic mass is 16.5. The van der Waals surface area contributed by atoms with Crippen molar-refractivity contribution in [2.24, 2.45) is 0 Å². The van der Waals surface area contributed by atoms with Gasteiger partial charge in [-0.25, -0.2) is 0 Å². The highest BCUT2D eigenvalue weighted by Crippen LogP contribution is 2.49. The molecule has 2 saturated heterocycles. The molecule has 0 aliphatic carbocycles. The Morgan fingerprint density at radius 1 is 1.25 bits per heavy atom. The summed E-state index contributed by atoms with van der Waals surface area (Å²) in [5.41, 5.74) is 2.29. The number of imide groups is 1. The van der Waals surface area contributed by atoms with Crippen molar-refractivity contribution in [1.82, 2.24) is 15.5 Å². The second-order valence-corrected chi connectivity index (χ2v) is 7.99. The van der Waals surface area contributed by atoms with E-state index in [0.717, 1.165) is 31.5 Å². The Morgan fingerprint density at radius 3 is 2.75 bits per heavy atom. The number of amides is 3. The first-order valence-corrected chi connectivity index (χ1v) is 9.63. The van der Waals surface area contributed by atoms with Crippen LogP contribution in [0.15, 0.2) is 6.07 Å². The second-order valence-electron chi connectivity index (χ2n) is 7.99. The SMILES string of the molecule is N#Cc1cc2c(c3c1C(=O)N(C1CCC(=O)NC1=O)C3)OCC21CCNCC1. The van der Waals surface area contributed by atoms with Crippen LogP contribution < -0.4 is 15.4 Å². The Kier molecular flexibility index (Phi) is 3.71. The molecule has 5 rings (SSSR count). The van der Waals surface area contributed by atoms with Gasteiger partial charge in [0, 0.05) is 23.0 Å². The summed E-state index contributed by atoms with van der Waals surface area (Å²) in [7, 11) is 0. The van der Waals surface area contributed by atoms with Gasteiger partial charge >= 0.3 is 0 Å². The molecule has 1 aromatic carbocycles. The summed E-state index contributed by atoms with van der Waals surface area (Å²) in [6, 6.07) is 3.30. The zero-order valence-electron chi connectivity index (χ0n) is 15.3. The number of nitrogens with zero attached hydrogens (tertiary/aromatic N) is 2. The quantitative estimate of drug-likeness (QED) is 0.680. The Labute approximate surface area is 161 Å². The van der Waals surface area contributed by atoms with Gasteiger partial charge < -0.3 is 15.0 Å². The van der Waals surface area contributed by atoms with Gasteiger partial charge in [-0.15, -0.1) is 0 Å². The summed E-state index contributed by atoms with van der Waals surface area (Å²) in [4.78, 5) is 38.3. The van der Waals surface area contributed by atoms with Crippen LogP contribution in [0.2, 0.25) is 0 Å². The van der Waals surface area contributed by atoms with Crippen LogP contribution in [0.5, 0.6) is 5.75 Å². The second kappa shape index (κ2) is 6.04. The number of nitrogens with one attached hydrogen (secondary N) is 2. The Morgan fingerprint density at radius 2 is 2.04 bits per heavy atom. The van der Waals surface area contributed by atoms with E-state index in [0.29, 0.717) is 35.5 Å². The molecule has 4 aliphatic heterocycles. The number of benzene rings is 1. The Bertz CT molecular complexity index is 958. The predicted octanol–water partition coefficient (Wildman–Crippen LogP) is 0.333. The van der Waals surface area contributed by atoms with E-state index in [1.54, 1.807) is 0 Å². The fraction of sp³-hybridized carbons (Fsp3) is 0.500. The maximum Gasteiger partial charge on any atom is 0.256 e. The molecule has 3 amide bonds. The molecule has 2 N–H and O–H groups in total. The highest BCUT2D eigenvalue weighted by Gasteiger charge is 2.48. The van der Waals surface area contributed by atoms with Gasteiger partial charge in [0.2, 0.25) is 11.8 Å². The maximum atomic E-state index is 13.1. The number of ether oxygens (including phenoxy) is 1. The molecule has 0 aromatic heterocycles. The number of piperidine rings is 2. The van der Waals surface area contributed by atoms with E-state index >= 15 is 0 Å². The highest BCUT2D eigenvalue weighted by molar-refractivity contribution is 6.07. The maximum absolute atomic E-state index is 13.1. The molecule has 1 aromatic rings. The average Bonchev–Trinajstić information content (AvgIpc) is 3.21. The molecule has 0 bridgehead atoms. The van der Waals surface area contributed by atoms with Crippen molar-refractivity contribution in [3.05, 3.63) is 28.3 Å². The van der Waals surface area contributed by atoms with E-state index in [9.17, 15) is 19.6 Å². The lowest BCUT2D eigenvalue weighted by Gasteiger charge is -2.32. The zero-order valence-corrected chi connectivity index (χ0v) is 15.3. The molecular weight excluding hydrogens is 360 g/mol. The molecule has 1 spiro atoms. The molecule has 8 nitrogen and oxygen atoms in total. The smallest absolute Gasteiger partial charge is 0.256 e. The lowest BCUT2D eigenvalue weighted by molar-refractivity contribution is -0.136. The minimum Gasteiger partial charge on any atom is -0.492 e. The fourth-order valence-electron chi connectivity index (χ4n) is 4.99. The van der Waals surface area contributed by atoms with Crippen LogP contribution >= 0.6 is 0 Å². The molecule has 0 radical (unpaired) electrons. The largest absolute Gasteiger partial charge is 0.492 e. The minimum atomic E-state index is -0.700.